The average Bonchev–Trinajstić information content (AvgIpc) is 2.28. The Hall–Kier alpha value is -1.67. The number of nitro groups is 1. The molecule has 0 aliphatic rings. The Bertz CT molecular complexity index is 466. The molecule has 0 aliphatic heterocycles. The van der Waals surface area contributed by atoms with Crippen LogP contribution >= 0.6 is 11.8 Å². The summed E-state index contributed by atoms with van der Waals surface area (Å²) in [7, 11) is 0. The zero-order chi connectivity index (χ0) is 13.7. The molecule has 1 aromatic rings. The quantitative estimate of drug-likeness (QED) is 0.458. The third-order valence-corrected chi connectivity index (χ3v) is 3.27. The first kappa shape index (κ1) is 14.4. The predicted molar refractivity (Wildman–Crippen MR) is 64.9 cm³/mol. The number of hydrogen-bond donors (Lipinski definition) is 2. The van der Waals surface area contributed by atoms with Crippen LogP contribution in [0.5, 0.6) is 0 Å². The predicted octanol–water partition coefficient (Wildman–Crippen LogP) is 1.55. The minimum atomic E-state index is -1.23. The van der Waals surface area contributed by atoms with Gasteiger partial charge in [-0.2, -0.15) is 0 Å². The Labute approximate surface area is 107 Å². The van der Waals surface area contributed by atoms with Gasteiger partial charge in [0.2, 0.25) is 0 Å². The van der Waals surface area contributed by atoms with Crippen molar-refractivity contribution in [3.05, 3.63) is 27.9 Å². The Morgan fingerprint density at radius 3 is 2.78 bits per heavy atom. The van der Waals surface area contributed by atoms with Crippen LogP contribution in [0.15, 0.2) is 17.2 Å². The van der Waals surface area contributed by atoms with Gasteiger partial charge in [-0.25, -0.2) is 9.78 Å². The lowest BCUT2D eigenvalue weighted by molar-refractivity contribution is -0.388. The normalized spacial score (nSPS) is 12.1. The Balaban J connectivity index is 3.07. The fourth-order valence-electron chi connectivity index (χ4n) is 1.21. The van der Waals surface area contributed by atoms with Crippen molar-refractivity contribution in [2.24, 2.45) is 0 Å². The Kier molecular flexibility index (Phi) is 5.05. The van der Waals surface area contributed by atoms with Crippen molar-refractivity contribution < 1.29 is 19.9 Å². The SMILES string of the molecule is CC(CCO)Sc1nc(C(=O)O)ccc1[N+](=O)[O-]. The van der Waals surface area contributed by atoms with E-state index in [0.717, 1.165) is 23.9 Å². The first-order chi connectivity index (χ1) is 8.45. The Morgan fingerprint density at radius 2 is 2.28 bits per heavy atom. The van der Waals surface area contributed by atoms with E-state index in [1.54, 1.807) is 6.92 Å². The summed E-state index contributed by atoms with van der Waals surface area (Å²) >= 11 is 1.08. The molecule has 0 bridgehead atoms. The number of thioether (sulfide) groups is 1. The molecule has 1 aromatic heterocycles. The number of aliphatic hydroxyl groups excluding tert-OH is 1. The molecule has 1 heterocycles. The average molecular weight is 272 g/mol. The van der Waals surface area contributed by atoms with E-state index in [2.05, 4.69) is 4.98 Å². The van der Waals surface area contributed by atoms with Crippen molar-refractivity contribution in [1.82, 2.24) is 4.98 Å². The summed E-state index contributed by atoms with van der Waals surface area (Å²) in [5, 5.41) is 28.3. The summed E-state index contributed by atoms with van der Waals surface area (Å²) in [6.07, 6.45) is 0.445. The molecule has 0 fully saturated rings. The summed E-state index contributed by atoms with van der Waals surface area (Å²) in [6, 6.07) is 2.23. The molecular formula is C10H12N2O5S. The first-order valence-electron chi connectivity index (χ1n) is 5.12. The molecule has 0 aromatic carbocycles. The number of carbonyl (C=O) groups is 1. The van der Waals surface area contributed by atoms with E-state index in [9.17, 15) is 14.9 Å². The van der Waals surface area contributed by atoms with Crippen LogP contribution in [0.3, 0.4) is 0 Å². The van der Waals surface area contributed by atoms with Crippen LogP contribution in [0.25, 0.3) is 0 Å². The lowest BCUT2D eigenvalue weighted by Crippen LogP contribution is -2.06. The summed E-state index contributed by atoms with van der Waals surface area (Å²) in [5.74, 6) is -1.23. The van der Waals surface area contributed by atoms with Crippen LogP contribution in [-0.2, 0) is 0 Å². The molecule has 0 saturated carbocycles. The highest BCUT2D eigenvalue weighted by Crippen LogP contribution is 2.31. The molecule has 0 radical (unpaired) electrons. The highest BCUT2D eigenvalue weighted by Gasteiger charge is 2.20. The minimum absolute atomic E-state index is 0.0411. The van der Waals surface area contributed by atoms with Gasteiger partial charge in [-0.3, -0.25) is 10.1 Å². The number of pyridine rings is 1. The summed E-state index contributed by atoms with van der Waals surface area (Å²) in [5.41, 5.74) is -0.464. The molecule has 0 aliphatic carbocycles. The number of nitrogens with zero attached hydrogens (tertiary/aromatic N) is 2. The molecule has 18 heavy (non-hydrogen) atoms. The molecule has 1 unspecified atom stereocenters. The molecule has 0 spiro atoms. The van der Waals surface area contributed by atoms with Crippen molar-refractivity contribution in [3.63, 3.8) is 0 Å². The monoisotopic (exact) mass is 272 g/mol. The number of rotatable bonds is 6. The summed E-state index contributed by atoms with van der Waals surface area (Å²) < 4.78 is 0. The third kappa shape index (κ3) is 3.67. The largest absolute Gasteiger partial charge is 0.477 e. The van der Waals surface area contributed by atoms with Crippen molar-refractivity contribution in [3.8, 4) is 0 Å². The lowest BCUT2D eigenvalue weighted by Gasteiger charge is -2.09. The van der Waals surface area contributed by atoms with Crippen LogP contribution in [0.2, 0.25) is 0 Å². The maximum atomic E-state index is 10.8. The van der Waals surface area contributed by atoms with Gasteiger partial charge in [0.1, 0.15) is 5.69 Å². The van der Waals surface area contributed by atoms with Crippen molar-refractivity contribution in [2.45, 2.75) is 23.6 Å². The molecule has 0 saturated heterocycles. The summed E-state index contributed by atoms with van der Waals surface area (Å²) in [6.45, 7) is 1.74. The van der Waals surface area contributed by atoms with Crippen LogP contribution in [0.1, 0.15) is 23.8 Å². The zero-order valence-corrected chi connectivity index (χ0v) is 10.4. The molecule has 98 valence electrons. The molecule has 8 heteroatoms. The van der Waals surface area contributed by atoms with E-state index in [1.807, 2.05) is 0 Å². The Morgan fingerprint density at radius 1 is 1.61 bits per heavy atom. The van der Waals surface area contributed by atoms with Gasteiger partial charge >= 0.3 is 11.7 Å². The number of hydrogen-bond acceptors (Lipinski definition) is 6. The van der Waals surface area contributed by atoms with E-state index in [4.69, 9.17) is 10.2 Å². The second-order valence-electron chi connectivity index (χ2n) is 3.52. The zero-order valence-electron chi connectivity index (χ0n) is 9.57. The fraction of sp³-hybridized carbons (Fsp3) is 0.400. The van der Waals surface area contributed by atoms with Crippen molar-refractivity contribution >= 4 is 23.4 Å². The van der Waals surface area contributed by atoms with Crippen molar-refractivity contribution in [2.75, 3.05) is 6.61 Å². The fourth-order valence-corrected chi connectivity index (χ4v) is 2.23. The van der Waals surface area contributed by atoms with E-state index >= 15 is 0 Å². The molecule has 1 atom stereocenters. The van der Waals surface area contributed by atoms with Gasteiger partial charge in [0.25, 0.3) is 0 Å². The lowest BCUT2D eigenvalue weighted by atomic mass is 10.3. The van der Waals surface area contributed by atoms with Gasteiger partial charge in [-0.15, -0.1) is 0 Å². The maximum Gasteiger partial charge on any atom is 0.354 e. The van der Waals surface area contributed by atoms with E-state index < -0.39 is 10.9 Å². The van der Waals surface area contributed by atoms with Crippen molar-refractivity contribution in [1.29, 1.82) is 0 Å². The molecular weight excluding hydrogens is 260 g/mol. The summed E-state index contributed by atoms with van der Waals surface area (Å²) in [4.78, 5) is 24.7. The van der Waals surface area contributed by atoms with Gasteiger partial charge in [0.05, 0.1) is 4.92 Å². The van der Waals surface area contributed by atoms with Gasteiger partial charge in [-0.1, -0.05) is 18.7 Å². The number of aromatic nitrogens is 1. The smallest absolute Gasteiger partial charge is 0.354 e. The van der Waals surface area contributed by atoms with Gasteiger partial charge < -0.3 is 10.2 Å². The van der Waals surface area contributed by atoms with Gasteiger partial charge in [0.15, 0.2) is 5.03 Å². The topological polar surface area (TPSA) is 114 Å². The van der Waals surface area contributed by atoms with E-state index in [0.29, 0.717) is 6.42 Å². The second-order valence-corrected chi connectivity index (χ2v) is 4.95. The maximum absolute atomic E-state index is 10.8. The standard InChI is InChI=1S/C10H12N2O5S/c1-6(4-5-13)18-9-8(12(16)17)3-2-7(11-9)10(14)15/h2-3,6,13H,4-5H2,1H3,(H,14,15). The number of aromatic carboxylic acids is 1. The molecule has 0 amide bonds. The van der Waals surface area contributed by atoms with Crippen LogP contribution in [-0.4, -0.2) is 37.9 Å². The molecule has 7 nitrogen and oxygen atoms in total. The molecule has 2 N–H and O–H groups in total. The number of carboxylic acids is 1. The highest BCUT2D eigenvalue weighted by atomic mass is 32.2. The minimum Gasteiger partial charge on any atom is -0.477 e. The second kappa shape index (κ2) is 6.31. The van der Waals surface area contributed by atoms with E-state index in [-0.39, 0.29) is 28.3 Å². The number of aliphatic hydroxyl groups is 1. The third-order valence-electron chi connectivity index (χ3n) is 2.10. The van der Waals surface area contributed by atoms with E-state index in [1.165, 1.54) is 0 Å². The highest BCUT2D eigenvalue weighted by molar-refractivity contribution is 8.00. The van der Waals surface area contributed by atoms with Crippen LogP contribution < -0.4 is 0 Å². The first-order valence-corrected chi connectivity index (χ1v) is 6.00. The van der Waals surface area contributed by atoms with Gasteiger partial charge in [-0.05, 0) is 12.5 Å². The number of carboxylic acid groups (broad SMARTS) is 1. The van der Waals surface area contributed by atoms with Gasteiger partial charge in [0, 0.05) is 17.9 Å². The molecule has 1 rings (SSSR count). The van der Waals surface area contributed by atoms with Crippen LogP contribution in [0.4, 0.5) is 5.69 Å². The van der Waals surface area contributed by atoms with Crippen LogP contribution in [0, 0.1) is 10.1 Å².